The number of likely N-dealkylation sites (N-methyl/N-ethyl adjacent to an activating group) is 1. The molecule has 1 aliphatic rings. The second kappa shape index (κ2) is 4.40. The van der Waals surface area contributed by atoms with E-state index in [4.69, 9.17) is 5.73 Å². The van der Waals surface area contributed by atoms with Crippen molar-refractivity contribution in [3.05, 3.63) is 29.3 Å². The Bertz CT molecular complexity index is 440. The Labute approximate surface area is 103 Å². The molecule has 1 atom stereocenters. The molecule has 3 heteroatoms. The van der Waals surface area contributed by atoms with Gasteiger partial charge in [-0.15, -0.1) is 0 Å². The van der Waals surface area contributed by atoms with Crippen LogP contribution >= 0.6 is 0 Å². The minimum Gasteiger partial charge on any atom is -0.398 e. The van der Waals surface area contributed by atoms with Gasteiger partial charge in [0.2, 0.25) is 0 Å². The maximum absolute atomic E-state index is 12.3. The first-order chi connectivity index (χ1) is 8.06. The molecule has 0 aromatic heterocycles. The first-order valence-electron chi connectivity index (χ1n) is 6.23. The van der Waals surface area contributed by atoms with E-state index in [0.717, 1.165) is 24.2 Å². The number of benzene rings is 1. The molecular formula is C14H20N2O. The highest BCUT2D eigenvalue weighted by Crippen LogP contribution is 2.35. The van der Waals surface area contributed by atoms with E-state index in [1.54, 1.807) is 0 Å². The molecule has 0 saturated carbocycles. The van der Waals surface area contributed by atoms with Crippen molar-refractivity contribution in [2.45, 2.75) is 26.7 Å². The molecule has 0 saturated heterocycles. The Morgan fingerprint density at radius 2 is 2.18 bits per heavy atom. The van der Waals surface area contributed by atoms with Crippen molar-refractivity contribution >= 4 is 11.6 Å². The quantitative estimate of drug-likeness (QED) is 0.796. The summed E-state index contributed by atoms with van der Waals surface area (Å²) >= 11 is 0. The van der Waals surface area contributed by atoms with Crippen LogP contribution in [0.15, 0.2) is 18.2 Å². The summed E-state index contributed by atoms with van der Waals surface area (Å²) in [5, 5.41) is 0. The zero-order valence-electron chi connectivity index (χ0n) is 10.7. The Morgan fingerprint density at radius 1 is 1.47 bits per heavy atom. The van der Waals surface area contributed by atoms with Gasteiger partial charge in [-0.05, 0) is 24.5 Å². The molecule has 3 nitrogen and oxygen atoms in total. The van der Waals surface area contributed by atoms with Crippen molar-refractivity contribution in [1.29, 1.82) is 0 Å². The van der Waals surface area contributed by atoms with Crippen molar-refractivity contribution in [2.75, 3.05) is 18.8 Å². The number of carbonyl (C=O) groups is 1. The predicted octanol–water partition coefficient (Wildman–Crippen LogP) is 2.48. The maximum Gasteiger partial charge on any atom is 0.256 e. The summed E-state index contributed by atoms with van der Waals surface area (Å²) in [5.41, 5.74) is 8.41. The van der Waals surface area contributed by atoms with Gasteiger partial charge in [0, 0.05) is 24.7 Å². The normalized spacial score (nSPS) is 19.6. The van der Waals surface area contributed by atoms with Crippen LogP contribution in [0.3, 0.4) is 0 Å². The minimum absolute atomic E-state index is 0.0810. The van der Waals surface area contributed by atoms with Crippen LogP contribution in [0.25, 0.3) is 0 Å². The number of fused-ring (bicyclic) bond motifs is 1. The van der Waals surface area contributed by atoms with Crippen LogP contribution in [0, 0.1) is 5.92 Å². The second-order valence-electron chi connectivity index (χ2n) is 5.01. The first kappa shape index (κ1) is 12.0. The molecule has 2 rings (SSSR count). The third-order valence-corrected chi connectivity index (χ3v) is 3.63. The standard InChI is InChI=1S/C14H20N2O/c1-4-16-8-11(9(2)3)10-6-5-7-12(15)13(10)14(16)17/h5-7,9,11H,4,8,15H2,1-3H3. The molecule has 1 amide bonds. The van der Waals surface area contributed by atoms with Crippen LogP contribution < -0.4 is 5.73 Å². The molecule has 1 aromatic carbocycles. The van der Waals surface area contributed by atoms with Gasteiger partial charge in [0.1, 0.15) is 0 Å². The van der Waals surface area contributed by atoms with Crippen LogP contribution in [0.4, 0.5) is 5.69 Å². The number of hydrogen-bond donors (Lipinski definition) is 1. The van der Waals surface area contributed by atoms with Crippen LogP contribution in [0.5, 0.6) is 0 Å². The summed E-state index contributed by atoms with van der Waals surface area (Å²) < 4.78 is 0. The fourth-order valence-electron chi connectivity index (χ4n) is 2.56. The van der Waals surface area contributed by atoms with Crippen LogP contribution in [0.2, 0.25) is 0 Å². The topological polar surface area (TPSA) is 46.3 Å². The molecule has 2 N–H and O–H groups in total. The Kier molecular flexibility index (Phi) is 3.09. The van der Waals surface area contributed by atoms with E-state index in [2.05, 4.69) is 13.8 Å². The molecule has 17 heavy (non-hydrogen) atoms. The fraction of sp³-hybridized carbons (Fsp3) is 0.500. The molecule has 1 heterocycles. The first-order valence-corrected chi connectivity index (χ1v) is 6.23. The summed E-state index contributed by atoms with van der Waals surface area (Å²) in [6.45, 7) is 7.96. The lowest BCUT2D eigenvalue weighted by Gasteiger charge is -2.36. The average molecular weight is 232 g/mol. The number of nitrogens with zero attached hydrogens (tertiary/aromatic N) is 1. The van der Waals surface area contributed by atoms with Gasteiger partial charge in [0.25, 0.3) is 5.91 Å². The Hall–Kier alpha value is -1.51. The van der Waals surface area contributed by atoms with Crippen molar-refractivity contribution in [3.63, 3.8) is 0 Å². The lowest BCUT2D eigenvalue weighted by atomic mass is 9.81. The van der Waals surface area contributed by atoms with Crippen LogP contribution in [0.1, 0.15) is 42.6 Å². The van der Waals surface area contributed by atoms with Gasteiger partial charge in [0.15, 0.2) is 0 Å². The number of hydrogen-bond acceptors (Lipinski definition) is 2. The summed E-state index contributed by atoms with van der Waals surface area (Å²) in [7, 11) is 0. The lowest BCUT2D eigenvalue weighted by Crippen LogP contribution is -2.41. The minimum atomic E-state index is 0.0810. The molecular weight excluding hydrogens is 212 g/mol. The number of nitrogens with two attached hydrogens (primary N) is 1. The van der Waals surface area contributed by atoms with Gasteiger partial charge >= 0.3 is 0 Å². The van der Waals surface area contributed by atoms with E-state index >= 15 is 0 Å². The van der Waals surface area contributed by atoms with Gasteiger partial charge in [-0.25, -0.2) is 0 Å². The van der Waals surface area contributed by atoms with E-state index in [1.165, 1.54) is 0 Å². The molecule has 0 aliphatic carbocycles. The predicted molar refractivity (Wildman–Crippen MR) is 70.0 cm³/mol. The third kappa shape index (κ3) is 1.90. The molecule has 1 aliphatic heterocycles. The van der Waals surface area contributed by atoms with Crippen molar-refractivity contribution in [1.82, 2.24) is 4.90 Å². The molecule has 1 aromatic rings. The highest BCUT2D eigenvalue weighted by atomic mass is 16.2. The van der Waals surface area contributed by atoms with E-state index in [-0.39, 0.29) is 5.91 Å². The van der Waals surface area contributed by atoms with Crippen LogP contribution in [-0.2, 0) is 0 Å². The molecule has 0 bridgehead atoms. The van der Waals surface area contributed by atoms with Crippen LogP contribution in [-0.4, -0.2) is 23.9 Å². The Morgan fingerprint density at radius 3 is 2.76 bits per heavy atom. The zero-order valence-corrected chi connectivity index (χ0v) is 10.7. The summed E-state index contributed by atoms with van der Waals surface area (Å²) in [6.07, 6.45) is 0. The average Bonchev–Trinajstić information content (AvgIpc) is 2.29. The highest BCUT2D eigenvalue weighted by Gasteiger charge is 2.33. The van der Waals surface area contributed by atoms with Crippen molar-refractivity contribution in [3.8, 4) is 0 Å². The summed E-state index contributed by atoms with van der Waals surface area (Å²) in [4.78, 5) is 14.2. The Balaban J connectivity index is 2.55. The van der Waals surface area contributed by atoms with E-state index < -0.39 is 0 Å². The summed E-state index contributed by atoms with van der Waals surface area (Å²) in [6, 6.07) is 5.80. The molecule has 1 unspecified atom stereocenters. The maximum atomic E-state index is 12.3. The number of carbonyl (C=O) groups excluding carboxylic acids is 1. The third-order valence-electron chi connectivity index (χ3n) is 3.63. The molecule has 0 spiro atoms. The highest BCUT2D eigenvalue weighted by molar-refractivity contribution is 6.01. The van der Waals surface area contributed by atoms with Gasteiger partial charge in [-0.3, -0.25) is 4.79 Å². The smallest absolute Gasteiger partial charge is 0.256 e. The monoisotopic (exact) mass is 232 g/mol. The largest absolute Gasteiger partial charge is 0.398 e. The van der Waals surface area contributed by atoms with Gasteiger partial charge in [-0.2, -0.15) is 0 Å². The molecule has 0 fully saturated rings. The van der Waals surface area contributed by atoms with Crippen molar-refractivity contribution in [2.24, 2.45) is 5.92 Å². The SMILES string of the molecule is CCN1CC(C(C)C)c2cccc(N)c2C1=O. The lowest BCUT2D eigenvalue weighted by molar-refractivity contribution is 0.0720. The van der Waals surface area contributed by atoms with E-state index in [0.29, 0.717) is 17.5 Å². The second-order valence-corrected chi connectivity index (χ2v) is 5.01. The molecule has 92 valence electrons. The van der Waals surface area contributed by atoms with Gasteiger partial charge < -0.3 is 10.6 Å². The fourth-order valence-corrected chi connectivity index (χ4v) is 2.56. The summed E-state index contributed by atoms with van der Waals surface area (Å²) in [5.74, 6) is 0.987. The van der Waals surface area contributed by atoms with Gasteiger partial charge in [0.05, 0.1) is 5.56 Å². The van der Waals surface area contributed by atoms with E-state index in [1.807, 2.05) is 30.0 Å². The number of nitrogen functional groups attached to an aromatic ring is 1. The number of rotatable bonds is 2. The zero-order chi connectivity index (χ0) is 12.6. The number of anilines is 1. The van der Waals surface area contributed by atoms with Gasteiger partial charge in [-0.1, -0.05) is 26.0 Å². The molecule has 0 radical (unpaired) electrons. The van der Waals surface area contributed by atoms with E-state index in [9.17, 15) is 4.79 Å². The van der Waals surface area contributed by atoms with Crippen molar-refractivity contribution < 1.29 is 4.79 Å². The number of amides is 1.